The number of rotatable bonds is 13. The molecule has 226 valence electrons. The second-order valence-electron chi connectivity index (χ2n) is 13.1. The van der Waals surface area contributed by atoms with Crippen molar-refractivity contribution < 1.29 is 24.0 Å². The van der Waals surface area contributed by atoms with Crippen LogP contribution in [0.3, 0.4) is 0 Å². The summed E-state index contributed by atoms with van der Waals surface area (Å²) < 4.78 is 55.5. The second-order valence-corrected chi connectivity index (χ2v) is 15.1. The van der Waals surface area contributed by atoms with Crippen molar-refractivity contribution >= 4 is 9.84 Å². The summed E-state index contributed by atoms with van der Waals surface area (Å²) in [6.07, 6.45) is 6.98. The first-order valence-electron chi connectivity index (χ1n) is 16.3. The molecule has 4 rings (SSSR count). The Morgan fingerprint density at radius 2 is 1.82 bits per heavy atom. The molecule has 5 nitrogen and oxygen atoms in total. The maximum atomic E-state index is 13.4. The van der Waals surface area contributed by atoms with E-state index in [4.69, 9.17) is 15.6 Å². The Morgan fingerprint density at radius 3 is 2.50 bits per heavy atom. The second kappa shape index (κ2) is 13.4. The minimum absolute atomic E-state index is 0.00801. The lowest BCUT2D eigenvalue weighted by molar-refractivity contribution is -0.170. The zero-order valence-corrected chi connectivity index (χ0v) is 26.5. The molecule has 11 atom stereocenters. The summed E-state index contributed by atoms with van der Waals surface area (Å²) in [4.78, 5) is 0.360. The van der Waals surface area contributed by atoms with Gasteiger partial charge in [0.05, 0.1) is 46.8 Å². The summed E-state index contributed by atoms with van der Waals surface area (Å²) in [5.74, 6) is 0.636. The van der Waals surface area contributed by atoms with Gasteiger partial charge in [0, 0.05) is 13.7 Å². The predicted molar refractivity (Wildman–Crippen MR) is 162 cm³/mol. The Bertz CT molecular complexity index is 1110. The molecule has 0 aromatic heterocycles. The van der Waals surface area contributed by atoms with E-state index < -0.39 is 16.2 Å². The molecule has 0 saturated carbocycles. The molecular weight excluding hydrogens is 520 g/mol. The molecule has 0 spiro atoms. The number of fused-ring (bicyclic) bond motifs is 1. The Labute approximate surface area is 245 Å². The van der Waals surface area contributed by atoms with Crippen LogP contribution in [-0.4, -0.2) is 50.3 Å². The predicted octanol–water partition coefficient (Wildman–Crippen LogP) is 7.78. The first-order valence-corrected chi connectivity index (χ1v) is 17.4. The van der Waals surface area contributed by atoms with Crippen LogP contribution in [0.15, 0.2) is 47.4 Å². The zero-order chi connectivity index (χ0) is 29.9. The quantitative estimate of drug-likeness (QED) is 0.224. The van der Waals surface area contributed by atoms with Crippen LogP contribution in [0.1, 0.15) is 101 Å². The Kier molecular flexibility index (Phi) is 10.1. The highest BCUT2D eigenvalue weighted by atomic mass is 32.2. The van der Waals surface area contributed by atoms with E-state index in [0.29, 0.717) is 17.2 Å². The van der Waals surface area contributed by atoms with Gasteiger partial charge in [-0.25, -0.2) is 8.42 Å². The Balaban J connectivity index is 1.42. The maximum Gasteiger partial charge on any atom is 0.178 e. The van der Waals surface area contributed by atoms with E-state index in [1.807, 2.05) is 6.07 Å². The summed E-state index contributed by atoms with van der Waals surface area (Å²) in [6, 6.07) is 8.73. The van der Waals surface area contributed by atoms with Gasteiger partial charge in [-0.1, -0.05) is 71.4 Å². The van der Waals surface area contributed by atoms with Gasteiger partial charge in [-0.2, -0.15) is 0 Å². The van der Waals surface area contributed by atoms with Gasteiger partial charge in [0.25, 0.3) is 0 Å². The van der Waals surface area contributed by atoms with Gasteiger partial charge in [-0.3, -0.25) is 0 Å². The van der Waals surface area contributed by atoms with E-state index in [0.717, 1.165) is 50.5 Å². The highest BCUT2D eigenvalue weighted by Gasteiger charge is 2.51. The maximum absolute atomic E-state index is 13.4. The van der Waals surface area contributed by atoms with E-state index in [9.17, 15) is 8.42 Å². The van der Waals surface area contributed by atoms with Crippen molar-refractivity contribution in [2.45, 2.75) is 140 Å². The average molecular weight is 577 g/mol. The molecule has 3 saturated heterocycles. The highest BCUT2D eigenvalue weighted by Crippen LogP contribution is 2.45. The van der Waals surface area contributed by atoms with Crippen LogP contribution < -0.4 is 0 Å². The van der Waals surface area contributed by atoms with Gasteiger partial charge < -0.3 is 14.2 Å². The largest absolute Gasteiger partial charge is 0.374 e. The number of sulfone groups is 1. The molecule has 3 aliphatic heterocycles. The lowest BCUT2D eigenvalue weighted by Crippen LogP contribution is -2.48. The summed E-state index contributed by atoms with van der Waals surface area (Å²) in [5.41, 5.74) is 0.711. The minimum atomic E-state index is -3.47. The summed E-state index contributed by atoms with van der Waals surface area (Å²) in [5, 5.41) is 0. The topological polar surface area (TPSA) is 61.8 Å². The van der Waals surface area contributed by atoms with Crippen LogP contribution >= 0.6 is 0 Å². The molecule has 0 radical (unpaired) electrons. The Hall–Kier alpha value is -1.21. The monoisotopic (exact) mass is 576 g/mol. The number of benzene rings is 1. The van der Waals surface area contributed by atoms with Gasteiger partial charge in [0.2, 0.25) is 0 Å². The van der Waals surface area contributed by atoms with Crippen molar-refractivity contribution in [3.05, 3.63) is 42.5 Å². The van der Waals surface area contributed by atoms with Crippen molar-refractivity contribution in [1.82, 2.24) is 0 Å². The van der Waals surface area contributed by atoms with Crippen molar-refractivity contribution in [3.8, 4) is 0 Å². The first-order chi connectivity index (χ1) is 19.4. The third-order valence-corrected chi connectivity index (χ3v) is 12.0. The number of hydrogen-bond donors (Lipinski definition) is 0. The third-order valence-electron chi connectivity index (χ3n) is 10.2. The Morgan fingerprint density at radius 1 is 1.10 bits per heavy atom. The van der Waals surface area contributed by atoms with E-state index in [2.05, 4.69) is 48.1 Å². The van der Waals surface area contributed by atoms with Gasteiger partial charge in [0.1, 0.15) is 0 Å². The molecule has 0 N–H and O–H groups in total. The lowest BCUT2D eigenvalue weighted by Gasteiger charge is -2.42. The van der Waals surface area contributed by atoms with Crippen LogP contribution in [0.25, 0.3) is 0 Å². The molecule has 40 heavy (non-hydrogen) atoms. The SMILES string of the molecule is [3H][C@@H](CC1O[C@H](CC(C)CC)[C@H](C)[C@H]1CS(=O)(=O)c1ccccc1)C(=C)[C@H](C)CC1CC[C@@H]2O[C@@H](C)C[C@]2(CC)O1. The average Bonchev–Trinajstić information content (AvgIpc) is 3.43. The van der Waals surface area contributed by atoms with E-state index in [-0.39, 0.29) is 59.6 Å². The molecule has 1 aromatic carbocycles. The number of allylic oxidation sites excluding steroid dienone is 1. The zero-order valence-electron chi connectivity index (χ0n) is 26.7. The van der Waals surface area contributed by atoms with Crippen molar-refractivity contribution in [1.29, 1.82) is 0 Å². The lowest BCUT2D eigenvalue weighted by atomic mass is 9.81. The number of ether oxygens (including phenoxy) is 3. The van der Waals surface area contributed by atoms with Crippen LogP contribution in [0.5, 0.6) is 0 Å². The molecule has 0 amide bonds. The fourth-order valence-electron chi connectivity index (χ4n) is 7.25. The minimum Gasteiger partial charge on any atom is -0.374 e. The normalized spacial score (nSPS) is 37.0. The van der Waals surface area contributed by atoms with Crippen LogP contribution in [0.4, 0.5) is 0 Å². The van der Waals surface area contributed by atoms with Gasteiger partial charge in [-0.15, -0.1) is 0 Å². The molecular formula is C34H54O5S. The van der Waals surface area contributed by atoms with Crippen molar-refractivity contribution in [2.24, 2.45) is 23.7 Å². The molecule has 0 aliphatic carbocycles. The number of hydrogen-bond acceptors (Lipinski definition) is 5. The van der Waals surface area contributed by atoms with Crippen molar-refractivity contribution in [3.63, 3.8) is 0 Å². The smallest absolute Gasteiger partial charge is 0.178 e. The molecule has 3 fully saturated rings. The van der Waals surface area contributed by atoms with Crippen LogP contribution in [0, 0.1) is 23.7 Å². The third kappa shape index (κ3) is 7.22. The fraction of sp³-hybridized carbons (Fsp3) is 0.765. The van der Waals surface area contributed by atoms with E-state index >= 15 is 0 Å². The van der Waals surface area contributed by atoms with Crippen molar-refractivity contribution in [2.75, 3.05) is 5.75 Å². The molecule has 0 bridgehead atoms. The van der Waals surface area contributed by atoms with Gasteiger partial charge in [0.15, 0.2) is 9.84 Å². The summed E-state index contributed by atoms with van der Waals surface area (Å²) in [6.45, 7) is 17.4. The van der Waals surface area contributed by atoms with Gasteiger partial charge >= 0.3 is 0 Å². The first kappa shape index (κ1) is 30.3. The molecule has 3 heterocycles. The van der Waals surface area contributed by atoms with E-state index in [1.165, 1.54) is 0 Å². The fourth-order valence-corrected chi connectivity index (χ4v) is 9.04. The van der Waals surface area contributed by atoms with E-state index in [1.54, 1.807) is 24.3 Å². The molecule has 1 aromatic rings. The van der Waals surface area contributed by atoms with Crippen LogP contribution in [-0.2, 0) is 24.0 Å². The summed E-state index contributed by atoms with van der Waals surface area (Å²) in [7, 11) is -3.47. The molecule has 3 unspecified atom stereocenters. The molecule has 3 aliphatic rings. The molecule has 6 heteroatoms. The summed E-state index contributed by atoms with van der Waals surface area (Å²) >= 11 is 0. The standard InChI is InChI=1S/C34H54O5S/c1-8-23(3)19-32-27(7)30(22-40(35,36)29-13-11-10-12-14-29)31(38-32)17-15-24(4)25(5)20-28-16-18-33-34(9-2,39-28)21-26(6)37-33/h10-14,23,25-28,30-33H,4,8-9,15-22H2,1-3,5-7H3/t23?,25-,26+,27-,28?,30-,31?,32-,33+,34+/m1/s1/i15T/t15-,23?,25+,26-,27+,28?,30+,31?,32+,33-,34-/m0. The van der Waals surface area contributed by atoms with Gasteiger partial charge in [-0.05, 0) is 81.7 Å². The highest BCUT2D eigenvalue weighted by molar-refractivity contribution is 7.91. The van der Waals surface area contributed by atoms with Crippen LogP contribution in [0.2, 0.25) is 0 Å².